The van der Waals surface area contributed by atoms with E-state index in [2.05, 4.69) is 15.8 Å². The average Bonchev–Trinajstić information content (AvgIpc) is 2.61. The number of amides is 2. The van der Waals surface area contributed by atoms with Crippen molar-refractivity contribution in [2.45, 2.75) is 0 Å². The molecule has 0 spiro atoms. The van der Waals surface area contributed by atoms with Gasteiger partial charge in [0.15, 0.2) is 0 Å². The SMILES string of the molecule is COc1ccc(C(=O)NCC(=O)NN=Cc2ccccc2O)cc1. The van der Waals surface area contributed by atoms with E-state index in [0.29, 0.717) is 16.9 Å². The van der Waals surface area contributed by atoms with Crippen LogP contribution in [0.5, 0.6) is 11.5 Å². The van der Waals surface area contributed by atoms with Crippen LogP contribution < -0.4 is 15.5 Å². The van der Waals surface area contributed by atoms with Crippen molar-refractivity contribution in [3.63, 3.8) is 0 Å². The number of methoxy groups -OCH3 is 1. The van der Waals surface area contributed by atoms with Crippen molar-refractivity contribution in [3.05, 3.63) is 59.7 Å². The van der Waals surface area contributed by atoms with Crippen molar-refractivity contribution in [1.29, 1.82) is 0 Å². The summed E-state index contributed by atoms with van der Waals surface area (Å²) in [6.07, 6.45) is 1.32. The molecule has 0 heterocycles. The van der Waals surface area contributed by atoms with E-state index < -0.39 is 5.91 Å². The molecule has 0 aliphatic carbocycles. The Labute approximate surface area is 139 Å². The zero-order valence-electron chi connectivity index (χ0n) is 13.0. The molecule has 2 rings (SSSR count). The first-order valence-electron chi connectivity index (χ1n) is 7.12. The first kappa shape index (κ1) is 17.0. The molecule has 24 heavy (non-hydrogen) atoms. The van der Waals surface area contributed by atoms with E-state index in [1.807, 2.05) is 0 Å². The van der Waals surface area contributed by atoms with Crippen molar-refractivity contribution < 1.29 is 19.4 Å². The molecule has 2 amide bonds. The lowest BCUT2D eigenvalue weighted by Gasteiger charge is -2.05. The molecule has 2 aromatic rings. The predicted molar refractivity (Wildman–Crippen MR) is 89.2 cm³/mol. The van der Waals surface area contributed by atoms with Crippen LogP contribution in [-0.2, 0) is 4.79 Å². The molecule has 0 aliphatic rings. The lowest BCUT2D eigenvalue weighted by molar-refractivity contribution is -0.120. The number of hydrogen-bond acceptors (Lipinski definition) is 5. The van der Waals surface area contributed by atoms with Gasteiger partial charge in [-0.05, 0) is 36.4 Å². The quantitative estimate of drug-likeness (QED) is 0.549. The topological polar surface area (TPSA) is 100 Å². The number of carbonyl (C=O) groups is 2. The number of carbonyl (C=O) groups excluding carboxylic acids is 2. The van der Waals surface area contributed by atoms with E-state index in [9.17, 15) is 14.7 Å². The third kappa shape index (κ3) is 4.84. The highest BCUT2D eigenvalue weighted by molar-refractivity contribution is 5.96. The highest BCUT2D eigenvalue weighted by Crippen LogP contribution is 2.12. The van der Waals surface area contributed by atoms with Gasteiger partial charge in [-0.15, -0.1) is 0 Å². The maximum absolute atomic E-state index is 11.9. The van der Waals surface area contributed by atoms with Gasteiger partial charge in [-0.25, -0.2) is 5.43 Å². The smallest absolute Gasteiger partial charge is 0.259 e. The molecule has 0 atom stereocenters. The first-order valence-corrected chi connectivity index (χ1v) is 7.12. The number of nitrogens with zero attached hydrogens (tertiary/aromatic N) is 1. The molecule has 7 heteroatoms. The summed E-state index contributed by atoms with van der Waals surface area (Å²) in [7, 11) is 1.54. The summed E-state index contributed by atoms with van der Waals surface area (Å²) >= 11 is 0. The highest BCUT2D eigenvalue weighted by atomic mass is 16.5. The van der Waals surface area contributed by atoms with Gasteiger partial charge < -0.3 is 15.2 Å². The van der Waals surface area contributed by atoms with Gasteiger partial charge in [-0.2, -0.15) is 5.10 Å². The molecule has 0 bridgehead atoms. The lowest BCUT2D eigenvalue weighted by atomic mass is 10.2. The number of nitrogens with one attached hydrogen (secondary N) is 2. The van der Waals surface area contributed by atoms with Crippen LogP contribution in [0.3, 0.4) is 0 Å². The molecular weight excluding hydrogens is 310 g/mol. The van der Waals surface area contributed by atoms with Crippen LogP contribution in [0.15, 0.2) is 53.6 Å². The molecule has 0 radical (unpaired) electrons. The number of ether oxygens (including phenoxy) is 1. The highest BCUT2D eigenvalue weighted by Gasteiger charge is 2.07. The molecule has 0 saturated heterocycles. The molecule has 0 aliphatic heterocycles. The number of phenols is 1. The van der Waals surface area contributed by atoms with Crippen LogP contribution in [-0.4, -0.2) is 36.8 Å². The van der Waals surface area contributed by atoms with Gasteiger partial charge in [0, 0.05) is 11.1 Å². The van der Waals surface area contributed by atoms with Gasteiger partial charge in [0.25, 0.3) is 11.8 Å². The molecule has 2 aromatic carbocycles. The Kier molecular flexibility index (Phi) is 5.90. The Morgan fingerprint density at radius 1 is 1.17 bits per heavy atom. The van der Waals surface area contributed by atoms with Crippen molar-refractivity contribution in [1.82, 2.24) is 10.7 Å². The number of rotatable bonds is 6. The van der Waals surface area contributed by atoms with Crippen LogP contribution in [0.2, 0.25) is 0 Å². The first-order chi connectivity index (χ1) is 11.6. The normalized spacial score (nSPS) is 10.4. The van der Waals surface area contributed by atoms with E-state index in [-0.39, 0.29) is 18.2 Å². The second kappa shape index (κ2) is 8.33. The minimum absolute atomic E-state index is 0.0586. The molecule has 0 fully saturated rings. The zero-order valence-corrected chi connectivity index (χ0v) is 13.0. The number of phenolic OH excluding ortho intramolecular Hbond substituents is 1. The van der Waals surface area contributed by atoms with Crippen LogP contribution in [0.25, 0.3) is 0 Å². The molecule has 0 unspecified atom stereocenters. The molecule has 3 N–H and O–H groups in total. The summed E-state index contributed by atoms with van der Waals surface area (Å²) < 4.78 is 5.01. The Balaban J connectivity index is 1.80. The fourth-order valence-corrected chi connectivity index (χ4v) is 1.82. The number of para-hydroxylation sites is 1. The van der Waals surface area contributed by atoms with Gasteiger partial charge >= 0.3 is 0 Å². The Hall–Kier alpha value is -3.35. The van der Waals surface area contributed by atoms with Gasteiger partial charge in [0.05, 0.1) is 19.9 Å². The second-order valence-electron chi connectivity index (χ2n) is 4.76. The third-order valence-electron chi connectivity index (χ3n) is 3.09. The summed E-state index contributed by atoms with van der Waals surface area (Å²) in [5, 5.41) is 15.7. The molecule has 124 valence electrons. The predicted octanol–water partition coefficient (Wildman–Crippen LogP) is 1.28. The van der Waals surface area contributed by atoms with E-state index in [4.69, 9.17) is 4.74 Å². The average molecular weight is 327 g/mol. The number of hydrazone groups is 1. The standard InChI is InChI=1S/C17H17N3O4/c1-24-14-8-6-12(7-9-14)17(23)18-11-16(22)20-19-10-13-4-2-3-5-15(13)21/h2-10,21H,11H2,1H3,(H,18,23)(H,20,22). The second-order valence-corrected chi connectivity index (χ2v) is 4.76. The van der Waals surface area contributed by atoms with E-state index in [0.717, 1.165) is 0 Å². The van der Waals surface area contributed by atoms with Gasteiger partial charge in [-0.3, -0.25) is 9.59 Å². The van der Waals surface area contributed by atoms with Gasteiger partial charge in [0.1, 0.15) is 11.5 Å². The largest absolute Gasteiger partial charge is 0.507 e. The molecule has 7 nitrogen and oxygen atoms in total. The summed E-state index contributed by atoms with van der Waals surface area (Å²) in [4.78, 5) is 23.5. The van der Waals surface area contributed by atoms with Crippen molar-refractivity contribution >= 4 is 18.0 Å². The Bertz CT molecular complexity index is 742. The fourth-order valence-electron chi connectivity index (χ4n) is 1.82. The van der Waals surface area contributed by atoms with Crippen molar-refractivity contribution in [2.24, 2.45) is 5.10 Å². The number of hydrogen-bond donors (Lipinski definition) is 3. The minimum atomic E-state index is -0.483. The molecule has 0 saturated carbocycles. The lowest BCUT2D eigenvalue weighted by Crippen LogP contribution is -2.34. The maximum atomic E-state index is 11.9. The molecule has 0 aromatic heterocycles. The zero-order chi connectivity index (χ0) is 17.4. The van der Waals surface area contributed by atoms with E-state index in [1.165, 1.54) is 19.4 Å². The van der Waals surface area contributed by atoms with Gasteiger partial charge in [0.2, 0.25) is 0 Å². The van der Waals surface area contributed by atoms with Crippen LogP contribution in [0.4, 0.5) is 0 Å². The Morgan fingerprint density at radius 2 is 1.88 bits per heavy atom. The summed E-state index contributed by atoms with van der Waals surface area (Å²) in [6.45, 7) is -0.219. The van der Waals surface area contributed by atoms with Crippen molar-refractivity contribution in [2.75, 3.05) is 13.7 Å². The monoisotopic (exact) mass is 327 g/mol. The van der Waals surface area contributed by atoms with Crippen molar-refractivity contribution in [3.8, 4) is 11.5 Å². The van der Waals surface area contributed by atoms with Crippen LogP contribution in [0, 0.1) is 0 Å². The maximum Gasteiger partial charge on any atom is 0.259 e. The minimum Gasteiger partial charge on any atom is -0.507 e. The van der Waals surface area contributed by atoms with E-state index in [1.54, 1.807) is 42.5 Å². The summed E-state index contributed by atoms with van der Waals surface area (Å²) in [5.41, 5.74) is 3.16. The summed E-state index contributed by atoms with van der Waals surface area (Å²) in [6, 6.07) is 13.1. The number of benzene rings is 2. The summed E-state index contributed by atoms with van der Waals surface area (Å²) in [5.74, 6) is -0.160. The number of aromatic hydroxyl groups is 1. The fraction of sp³-hybridized carbons (Fsp3) is 0.118. The third-order valence-corrected chi connectivity index (χ3v) is 3.09. The van der Waals surface area contributed by atoms with Crippen LogP contribution >= 0.6 is 0 Å². The van der Waals surface area contributed by atoms with Crippen LogP contribution in [0.1, 0.15) is 15.9 Å². The van der Waals surface area contributed by atoms with Gasteiger partial charge in [-0.1, -0.05) is 12.1 Å². The van der Waals surface area contributed by atoms with E-state index >= 15 is 0 Å². The molecular formula is C17H17N3O4. The Morgan fingerprint density at radius 3 is 2.54 bits per heavy atom.